The zero-order valence-electron chi connectivity index (χ0n) is 26.9. The molecule has 234 valence electrons. The first-order valence-electron chi connectivity index (χ1n) is 17.9. The molecule has 0 amide bonds. The average molecular weight is 575 g/mol. The van der Waals surface area contributed by atoms with Crippen molar-refractivity contribution in [3.8, 4) is 0 Å². The first-order valence-corrected chi connectivity index (χ1v) is 17.9. The number of ether oxygens (including phenoxy) is 1. The van der Waals surface area contributed by atoms with Crippen molar-refractivity contribution < 1.29 is 14.3 Å². The van der Waals surface area contributed by atoms with E-state index < -0.39 is 0 Å². The fourth-order valence-corrected chi connectivity index (χ4v) is 5.51. The van der Waals surface area contributed by atoms with Crippen LogP contribution in [0.15, 0.2) is 0 Å². The standard InChI is InChI=1S/C36H70O3.Na.H/c1-3-5-7-9-11-13-15-17-19-21-23-25-27-29-31-33-35(37)39-36(38)34-32-30-28-26-24-22-20-18-16-14-12-10-8-6-4-2;;/h3-34H2,1-2H3;;. The Morgan fingerprint density at radius 1 is 0.325 bits per heavy atom. The zero-order chi connectivity index (χ0) is 28.5. The number of esters is 2. The van der Waals surface area contributed by atoms with E-state index in [4.69, 9.17) is 4.74 Å². The normalized spacial score (nSPS) is 10.9. The van der Waals surface area contributed by atoms with Gasteiger partial charge >= 0.3 is 41.5 Å². The molecule has 0 unspecified atom stereocenters. The van der Waals surface area contributed by atoms with Crippen LogP contribution in [0.3, 0.4) is 0 Å². The van der Waals surface area contributed by atoms with Crippen LogP contribution >= 0.6 is 0 Å². The minimum atomic E-state index is -0.323. The summed E-state index contributed by atoms with van der Waals surface area (Å²) in [6, 6.07) is 0. The first-order chi connectivity index (χ1) is 19.2. The number of unbranched alkanes of at least 4 members (excludes halogenated alkanes) is 28. The number of rotatable bonds is 32. The molecule has 0 heterocycles. The number of hydrogen-bond donors (Lipinski definition) is 0. The molecule has 0 spiro atoms. The van der Waals surface area contributed by atoms with Crippen LogP contribution in [0.4, 0.5) is 0 Å². The molecule has 0 rings (SSSR count). The second-order valence-corrected chi connectivity index (χ2v) is 12.2. The van der Waals surface area contributed by atoms with E-state index in [1.807, 2.05) is 0 Å². The molecule has 0 atom stereocenters. The molecule has 0 fully saturated rings. The predicted molar refractivity (Wildman–Crippen MR) is 177 cm³/mol. The van der Waals surface area contributed by atoms with E-state index in [1.165, 1.54) is 167 Å². The predicted octanol–water partition coefficient (Wildman–Crippen LogP) is 11.9. The molecular formula is C36H71NaO3. The summed E-state index contributed by atoms with van der Waals surface area (Å²) in [5.41, 5.74) is 0. The van der Waals surface area contributed by atoms with Crippen LogP contribution in [0.1, 0.15) is 219 Å². The van der Waals surface area contributed by atoms with Crippen molar-refractivity contribution in [3.05, 3.63) is 0 Å². The number of carbonyl (C=O) groups excluding carboxylic acids is 2. The molecule has 0 saturated carbocycles. The van der Waals surface area contributed by atoms with Gasteiger partial charge in [-0.2, -0.15) is 0 Å². The summed E-state index contributed by atoms with van der Waals surface area (Å²) in [6.45, 7) is 4.55. The second kappa shape index (κ2) is 37.2. The van der Waals surface area contributed by atoms with Gasteiger partial charge in [-0.15, -0.1) is 0 Å². The summed E-state index contributed by atoms with van der Waals surface area (Å²) >= 11 is 0. The number of carbonyl (C=O) groups is 2. The Labute approximate surface area is 273 Å². The molecule has 3 nitrogen and oxygen atoms in total. The van der Waals surface area contributed by atoms with E-state index in [0.717, 1.165) is 25.7 Å². The van der Waals surface area contributed by atoms with Crippen molar-refractivity contribution in [1.82, 2.24) is 0 Å². The second-order valence-electron chi connectivity index (χ2n) is 12.2. The van der Waals surface area contributed by atoms with Crippen LogP contribution in [0.5, 0.6) is 0 Å². The Morgan fingerprint density at radius 3 is 0.700 bits per heavy atom. The SMILES string of the molecule is CCCCCCCCCCCCCCCCCC(=O)OC(=O)CCCCCCCCCCCCCCCCC.[NaH]. The number of hydrogen-bond acceptors (Lipinski definition) is 3. The molecular weight excluding hydrogens is 503 g/mol. The Kier molecular flexibility index (Phi) is 39.3. The van der Waals surface area contributed by atoms with Crippen LogP contribution in [0.25, 0.3) is 0 Å². The van der Waals surface area contributed by atoms with Crippen LogP contribution in [0, 0.1) is 0 Å². The van der Waals surface area contributed by atoms with Gasteiger partial charge in [-0.05, 0) is 12.8 Å². The van der Waals surface area contributed by atoms with Gasteiger partial charge in [0.25, 0.3) is 0 Å². The van der Waals surface area contributed by atoms with E-state index in [9.17, 15) is 9.59 Å². The van der Waals surface area contributed by atoms with Gasteiger partial charge in [0.2, 0.25) is 0 Å². The van der Waals surface area contributed by atoms with Crippen molar-refractivity contribution >= 4 is 41.5 Å². The maximum atomic E-state index is 11.9. The summed E-state index contributed by atoms with van der Waals surface area (Å²) in [6.07, 6.45) is 40.1. The molecule has 0 aliphatic rings. The van der Waals surface area contributed by atoms with Crippen LogP contribution in [-0.4, -0.2) is 41.5 Å². The Hall–Kier alpha value is 0.140. The maximum absolute atomic E-state index is 11.9. The quantitative estimate of drug-likeness (QED) is 0.0347. The summed E-state index contributed by atoms with van der Waals surface area (Å²) in [4.78, 5) is 23.8. The third kappa shape index (κ3) is 36.2. The fraction of sp³-hybridized carbons (Fsp3) is 0.944. The van der Waals surface area contributed by atoms with Crippen LogP contribution in [0.2, 0.25) is 0 Å². The first kappa shape index (κ1) is 42.3. The van der Waals surface area contributed by atoms with Crippen molar-refractivity contribution in [2.45, 2.75) is 219 Å². The molecule has 0 aromatic heterocycles. The minimum absolute atomic E-state index is 0. The Balaban J connectivity index is 0. The van der Waals surface area contributed by atoms with Gasteiger partial charge in [-0.1, -0.05) is 194 Å². The summed E-state index contributed by atoms with van der Waals surface area (Å²) in [7, 11) is 0. The van der Waals surface area contributed by atoms with E-state index in [2.05, 4.69) is 13.8 Å². The molecule has 0 aromatic rings. The molecule has 0 saturated heterocycles. The van der Waals surface area contributed by atoms with Crippen LogP contribution < -0.4 is 0 Å². The van der Waals surface area contributed by atoms with Gasteiger partial charge in [0, 0.05) is 12.8 Å². The zero-order valence-corrected chi connectivity index (χ0v) is 26.9. The van der Waals surface area contributed by atoms with E-state index in [1.54, 1.807) is 0 Å². The van der Waals surface area contributed by atoms with Crippen molar-refractivity contribution in [3.63, 3.8) is 0 Å². The van der Waals surface area contributed by atoms with Crippen molar-refractivity contribution in [2.75, 3.05) is 0 Å². The molecule has 0 aliphatic heterocycles. The molecule has 0 aliphatic carbocycles. The van der Waals surface area contributed by atoms with Gasteiger partial charge in [0.1, 0.15) is 0 Å². The van der Waals surface area contributed by atoms with Crippen molar-refractivity contribution in [2.24, 2.45) is 0 Å². The van der Waals surface area contributed by atoms with Gasteiger partial charge < -0.3 is 4.74 Å². The van der Waals surface area contributed by atoms with E-state index in [-0.39, 0.29) is 41.5 Å². The molecule has 40 heavy (non-hydrogen) atoms. The van der Waals surface area contributed by atoms with Crippen LogP contribution in [-0.2, 0) is 14.3 Å². The average Bonchev–Trinajstić information content (AvgIpc) is 2.93. The third-order valence-corrected chi connectivity index (χ3v) is 8.20. The Bertz CT molecular complexity index is 464. The van der Waals surface area contributed by atoms with Gasteiger partial charge in [0.05, 0.1) is 0 Å². The summed E-state index contributed by atoms with van der Waals surface area (Å²) < 4.78 is 5.01. The van der Waals surface area contributed by atoms with Gasteiger partial charge in [0.15, 0.2) is 0 Å². The third-order valence-electron chi connectivity index (χ3n) is 8.20. The van der Waals surface area contributed by atoms with Gasteiger partial charge in [-0.3, -0.25) is 9.59 Å². The topological polar surface area (TPSA) is 43.4 Å². The van der Waals surface area contributed by atoms with Crippen molar-refractivity contribution in [1.29, 1.82) is 0 Å². The van der Waals surface area contributed by atoms with E-state index >= 15 is 0 Å². The molecule has 0 aromatic carbocycles. The summed E-state index contributed by atoms with van der Waals surface area (Å²) in [5, 5.41) is 0. The molecule has 4 heteroatoms. The molecule has 0 radical (unpaired) electrons. The Morgan fingerprint density at radius 2 is 0.500 bits per heavy atom. The van der Waals surface area contributed by atoms with E-state index in [0.29, 0.717) is 12.8 Å². The fourth-order valence-electron chi connectivity index (χ4n) is 5.51. The molecule has 0 N–H and O–H groups in total. The summed E-state index contributed by atoms with van der Waals surface area (Å²) in [5.74, 6) is -0.647. The van der Waals surface area contributed by atoms with Gasteiger partial charge in [-0.25, -0.2) is 0 Å². The molecule has 0 bridgehead atoms. The monoisotopic (exact) mass is 575 g/mol.